The molecule has 7 heteroatoms. The predicted molar refractivity (Wildman–Crippen MR) is 94.0 cm³/mol. The van der Waals surface area contributed by atoms with Gasteiger partial charge in [-0.25, -0.2) is 9.97 Å². The number of hydrogen-bond acceptors (Lipinski definition) is 6. The van der Waals surface area contributed by atoms with E-state index in [9.17, 15) is 0 Å². The number of benzene rings is 1. The largest absolute Gasteiger partial charge is 0.493 e. The highest BCUT2D eigenvalue weighted by molar-refractivity contribution is 7.99. The van der Waals surface area contributed by atoms with Crippen molar-refractivity contribution in [3.05, 3.63) is 18.5 Å². The molecule has 0 saturated carbocycles. The average molecular weight is 330 g/mol. The van der Waals surface area contributed by atoms with E-state index >= 15 is 0 Å². The molecule has 0 atom stereocenters. The van der Waals surface area contributed by atoms with E-state index in [1.54, 1.807) is 20.5 Å². The van der Waals surface area contributed by atoms with E-state index in [0.29, 0.717) is 11.5 Å². The van der Waals surface area contributed by atoms with Crippen LogP contribution in [0.1, 0.15) is 0 Å². The van der Waals surface area contributed by atoms with Crippen LogP contribution >= 0.6 is 11.8 Å². The fourth-order valence-electron chi connectivity index (χ4n) is 3.02. The lowest BCUT2D eigenvalue weighted by atomic mass is 10.2. The zero-order valence-electron chi connectivity index (χ0n) is 13.1. The highest BCUT2D eigenvalue weighted by Crippen LogP contribution is 2.37. The maximum absolute atomic E-state index is 5.41. The molecule has 6 nitrogen and oxygen atoms in total. The molecular weight excluding hydrogens is 312 g/mol. The number of aromatic nitrogens is 3. The molecular formula is C16H18N4O2S. The Morgan fingerprint density at radius 1 is 1.09 bits per heavy atom. The molecule has 1 aromatic carbocycles. The highest BCUT2D eigenvalue weighted by Gasteiger charge is 2.19. The second-order valence-corrected chi connectivity index (χ2v) is 6.62. The van der Waals surface area contributed by atoms with Crippen LogP contribution in [0.2, 0.25) is 0 Å². The summed E-state index contributed by atoms with van der Waals surface area (Å²) < 4.78 is 10.8. The zero-order valence-corrected chi connectivity index (χ0v) is 13.9. The molecule has 0 aliphatic carbocycles. The molecule has 120 valence electrons. The molecule has 3 aromatic rings. The number of nitrogens with one attached hydrogen (secondary N) is 1. The van der Waals surface area contributed by atoms with Crippen molar-refractivity contribution in [2.45, 2.75) is 0 Å². The third-order valence-electron chi connectivity index (χ3n) is 4.18. The van der Waals surface area contributed by atoms with E-state index in [1.807, 2.05) is 23.9 Å². The smallest absolute Gasteiger partial charge is 0.162 e. The summed E-state index contributed by atoms with van der Waals surface area (Å²) in [4.78, 5) is 14.8. The van der Waals surface area contributed by atoms with E-state index in [4.69, 9.17) is 9.47 Å². The fraction of sp³-hybridized carbons (Fsp3) is 0.375. The van der Waals surface area contributed by atoms with Crippen LogP contribution in [0.3, 0.4) is 0 Å². The molecule has 1 aliphatic rings. The molecule has 23 heavy (non-hydrogen) atoms. The standard InChI is InChI=1S/C16H18N4O2S/c1-21-12-7-10-11(8-13(12)22-2)19-15-14(10)17-9-18-16(15)20-3-5-23-6-4-20/h7-9,19H,3-6H2,1-2H3. The monoisotopic (exact) mass is 330 g/mol. The van der Waals surface area contributed by atoms with Gasteiger partial charge in [0.05, 0.1) is 19.7 Å². The Kier molecular flexibility index (Phi) is 3.65. The van der Waals surface area contributed by atoms with E-state index < -0.39 is 0 Å². The quantitative estimate of drug-likeness (QED) is 0.796. The maximum atomic E-state index is 5.41. The summed E-state index contributed by atoms with van der Waals surface area (Å²) >= 11 is 1.99. The van der Waals surface area contributed by atoms with Crippen molar-refractivity contribution in [2.24, 2.45) is 0 Å². The van der Waals surface area contributed by atoms with Crippen LogP contribution in [-0.4, -0.2) is 53.8 Å². The number of nitrogens with zero attached hydrogens (tertiary/aromatic N) is 3. The Labute approximate surface area is 138 Å². The number of anilines is 1. The number of methoxy groups -OCH3 is 2. The minimum Gasteiger partial charge on any atom is -0.493 e. The van der Waals surface area contributed by atoms with Gasteiger partial charge in [0.2, 0.25) is 0 Å². The molecule has 0 amide bonds. The Balaban J connectivity index is 1.93. The first-order valence-corrected chi connectivity index (χ1v) is 8.68. The van der Waals surface area contributed by atoms with E-state index in [-0.39, 0.29) is 0 Å². The molecule has 1 fully saturated rings. The Morgan fingerprint density at radius 3 is 2.57 bits per heavy atom. The lowest BCUT2D eigenvalue weighted by Gasteiger charge is -2.27. The molecule has 0 radical (unpaired) electrons. The second-order valence-electron chi connectivity index (χ2n) is 5.40. The summed E-state index contributed by atoms with van der Waals surface area (Å²) in [7, 11) is 3.29. The molecule has 0 spiro atoms. The number of hydrogen-bond donors (Lipinski definition) is 1. The van der Waals surface area contributed by atoms with Gasteiger partial charge in [-0.3, -0.25) is 0 Å². The molecule has 4 rings (SSSR count). The van der Waals surface area contributed by atoms with Gasteiger partial charge in [0.25, 0.3) is 0 Å². The normalized spacial score (nSPS) is 15.3. The van der Waals surface area contributed by atoms with Crippen LogP contribution in [0.15, 0.2) is 18.5 Å². The minimum atomic E-state index is 0.704. The minimum absolute atomic E-state index is 0.704. The first-order valence-electron chi connectivity index (χ1n) is 7.53. The first kappa shape index (κ1) is 14.4. The van der Waals surface area contributed by atoms with Crippen LogP contribution in [0.5, 0.6) is 11.5 Å². The van der Waals surface area contributed by atoms with Gasteiger partial charge in [0.1, 0.15) is 17.4 Å². The molecule has 0 unspecified atom stereocenters. The Bertz CT molecular complexity index is 858. The van der Waals surface area contributed by atoms with E-state index in [0.717, 1.165) is 52.3 Å². The van der Waals surface area contributed by atoms with Gasteiger partial charge in [-0.1, -0.05) is 0 Å². The van der Waals surface area contributed by atoms with Crippen LogP contribution in [-0.2, 0) is 0 Å². The number of thioether (sulfide) groups is 1. The van der Waals surface area contributed by atoms with Crippen LogP contribution in [0, 0.1) is 0 Å². The summed E-state index contributed by atoms with van der Waals surface area (Å²) in [5, 5.41) is 1.02. The number of H-pyrrole nitrogens is 1. The summed E-state index contributed by atoms with van der Waals surface area (Å²) in [6.45, 7) is 2.03. The van der Waals surface area contributed by atoms with Crippen LogP contribution in [0.4, 0.5) is 5.82 Å². The summed E-state index contributed by atoms with van der Waals surface area (Å²) in [6, 6.07) is 3.92. The van der Waals surface area contributed by atoms with Crippen molar-refractivity contribution >= 4 is 39.5 Å². The number of ether oxygens (including phenoxy) is 2. The van der Waals surface area contributed by atoms with Crippen molar-refractivity contribution in [3.63, 3.8) is 0 Å². The van der Waals surface area contributed by atoms with E-state index in [2.05, 4.69) is 19.9 Å². The second kappa shape index (κ2) is 5.81. The van der Waals surface area contributed by atoms with Crippen molar-refractivity contribution in [1.82, 2.24) is 15.0 Å². The van der Waals surface area contributed by atoms with E-state index in [1.165, 1.54) is 0 Å². The van der Waals surface area contributed by atoms with Crippen molar-refractivity contribution < 1.29 is 9.47 Å². The maximum Gasteiger partial charge on any atom is 0.162 e. The summed E-state index contributed by atoms with van der Waals surface area (Å²) in [6.07, 6.45) is 1.64. The summed E-state index contributed by atoms with van der Waals surface area (Å²) in [5.74, 6) is 4.65. The third kappa shape index (κ3) is 2.35. The van der Waals surface area contributed by atoms with Crippen molar-refractivity contribution in [3.8, 4) is 11.5 Å². The predicted octanol–water partition coefficient (Wildman–Crippen LogP) is 2.68. The average Bonchev–Trinajstić information content (AvgIpc) is 2.98. The number of fused-ring (bicyclic) bond motifs is 3. The Hall–Kier alpha value is -2.15. The van der Waals surface area contributed by atoms with Gasteiger partial charge in [0.15, 0.2) is 17.3 Å². The van der Waals surface area contributed by atoms with Crippen LogP contribution < -0.4 is 14.4 Å². The molecule has 2 aromatic heterocycles. The molecule has 0 bridgehead atoms. The van der Waals surface area contributed by atoms with Crippen molar-refractivity contribution in [1.29, 1.82) is 0 Å². The van der Waals surface area contributed by atoms with Crippen molar-refractivity contribution in [2.75, 3.05) is 43.7 Å². The third-order valence-corrected chi connectivity index (χ3v) is 5.12. The van der Waals surface area contributed by atoms with Gasteiger partial charge >= 0.3 is 0 Å². The highest BCUT2D eigenvalue weighted by atomic mass is 32.2. The van der Waals surface area contributed by atoms with Crippen LogP contribution in [0.25, 0.3) is 21.9 Å². The lowest BCUT2D eigenvalue weighted by molar-refractivity contribution is 0.356. The Morgan fingerprint density at radius 2 is 1.83 bits per heavy atom. The summed E-state index contributed by atoms with van der Waals surface area (Å²) in [5.41, 5.74) is 2.87. The zero-order chi connectivity index (χ0) is 15.8. The number of rotatable bonds is 3. The lowest BCUT2D eigenvalue weighted by Crippen LogP contribution is -2.33. The first-order chi connectivity index (χ1) is 11.3. The van der Waals surface area contributed by atoms with Gasteiger partial charge in [0, 0.05) is 36.0 Å². The van der Waals surface area contributed by atoms with Gasteiger partial charge in [-0.2, -0.15) is 11.8 Å². The molecule has 3 heterocycles. The molecule has 1 aliphatic heterocycles. The topological polar surface area (TPSA) is 63.3 Å². The molecule has 1 N–H and O–H groups in total. The fourth-order valence-corrected chi connectivity index (χ4v) is 3.93. The number of aromatic amines is 1. The van der Waals surface area contributed by atoms with Gasteiger partial charge in [-0.15, -0.1) is 0 Å². The van der Waals surface area contributed by atoms with Gasteiger partial charge in [-0.05, 0) is 6.07 Å². The van der Waals surface area contributed by atoms with Gasteiger partial charge < -0.3 is 19.4 Å². The molecule has 1 saturated heterocycles. The SMILES string of the molecule is COc1cc2[nH]c3c(N4CCSCC4)ncnc3c2cc1OC.